The fraction of sp³-hybridized carbons (Fsp3) is 1.00. The van der Waals surface area contributed by atoms with E-state index < -0.39 is 0 Å². The van der Waals surface area contributed by atoms with E-state index in [-0.39, 0.29) is 0 Å². The van der Waals surface area contributed by atoms with Crippen molar-refractivity contribution in [1.29, 1.82) is 0 Å². The third kappa shape index (κ3) is 3.25. The summed E-state index contributed by atoms with van der Waals surface area (Å²) < 4.78 is 0. The van der Waals surface area contributed by atoms with E-state index in [4.69, 9.17) is 0 Å². The Labute approximate surface area is 89.1 Å². The second kappa shape index (κ2) is 6.41. The quantitative estimate of drug-likeness (QED) is 0.703. The average Bonchev–Trinajstić information content (AvgIpc) is 2.73. The molecule has 1 heterocycles. The van der Waals surface area contributed by atoms with E-state index in [2.05, 4.69) is 31.0 Å². The zero-order valence-electron chi connectivity index (χ0n) is 10.1. The van der Waals surface area contributed by atoms with Crippen LogP contribution in [0.25, 0.3) is 0 Å². The first-order valence-electron chi connectivity index (χ1n) is 6.26. The highest BCUT2D eigenvalue weighted by Gasteiger charge is 2.22. The first-order chi connectivity index (χ1) is 6.81. The van der Waals surface area contributed by atoms with Crippen LogP contribution in [0.2, 0.25) is 0 Å². The summed E-state index contributed by atoms with van der Waals surface area (Å²) >= 11 is 0. The molecule has 1 aliphatic rings. The van der Waals surface area contributed by atoms with Crippen LogP contribution in [0, 0.1) is 5.92 Å². The number of hydrogen-bond acceptors (Lipinski definition) is 2. The van der Waals surface area contributed by atoms with Crippen LogP contribution in [0.15, 0.2) is 0 Å². The molecule has 1 atom stereocenters. The summed E-state index contributed by atoms with van der Waals surface area (Å²) in [5.41, 5.74) is 0. The van der Waals surface area contributed by atoms with Crippen molar-refractivity contribution in [3.63, 3.8) is 0 Å². The predicted octanol–water partition coefficient (Wildman–Crippen LogP) is 2.11. The van der Waals surface area contributed by atoms with Crippen LogP contribution in [0.4, 0.5) is 0 Å². The maximum absolute atomic E-state index is 3.45. The van der Waals surface area contributed by atoms with Crippen LogP contribution in [0.5, 0.6) is 0 Å². The van der Waals surface area contributed by atoms with Crippen molar-refractivity contribution in [2.24, 2.45) is 5.92 Å². The van der Waals surface area contributed by atoms with Crippen LogP contribution in [-0.2, 0) is 0 Å². The van der Waals surface area contributed by atoms with Crippen LogP contribution in [0.3, 0.4) is 0 Å². The van der Waals surface area contributed by atoms with E-state index in [1.54, 1.807) is 0 Å². The first-order valence-corrected chi connectivity index (χ1v) is 6.26. The lowest BCUT2D eigenvalue weighted by molar-refractivity contribution is 0.180. The smallest absolute Gasteiger partial charge is 0.0232 e. The van der Waals surface area contributed by atoms with Gasteiger partial charge in [-0.3, -0.25) is 4.90 Å². The molecule has 0 spiro atoms. The lowest BCUT2D eigenvalue weighted by Gasteiger charge is -2.30. The standard InChI is InChI=1S/C12H26N2/c1-4-11(5-2)10-14(6-3)12-7-8-13-9-12/h11-13H,4-10H2,1-3H3. The van der Waals surface area contributed by atoms with Crippen LogP contribution >= 0.6 is 0 Å². The van der Waals surface area contributed by atoms with Gasteiger partial charge in [-0.1, -0.05) is 33.6 Å². The van der Waals surface area contributed by atoms with Crippen molar-refractivity contribution < 1.29 is 0 Å². The van der Waals surface area contributed by atoms with Crippen molar-refractivity contribution >= 4 is 0 Å². The minimum Gasteiger partial charge on any atom is -0.315 e. The molecule has 1 saturated heterocycles. The SMILES string of the molecule is CCC(CC)CN(CC)C1CCNC1. The van der Waals surface area contributed by atoms with Gasteiger partial charge < -0.3 is 5.32 Å². The van der Waals surface area contributed by atoms with Gasteiger partial charge in [0.15, 0.2) is 0 Å². The van der Waals surface area contributed by atoms with Gasteiger partial charge in [-0.05, 0) is 25.4 Å². The molecular formula is C12H26N2. The highest BCUT2D eigenvalue weighted by Crippen LogP contribution is 2.15. The van der Waals surface area contributed by atoms with Gasteiger partial charge in [0, 0.05) is 19.1 Å². The molecule has 1 fully saturated rings. The molecule has 1 rings (SSSR count). The Balaban J connectivity index is 2.36. The van der Waals surface area contributed by atoms with Gasteiger partial charge in [0.2, 0.25) is 0 Å². The van der Waals surface area contributed by atoms with Gasteiger partial charge in [0.1, 0.15) is 0 Å². The van der Waals surface area contributed by atoms with Gasteiger partial charge in [-0.2, -0.15) is 0 Å². The lowest BCUT2D eigenvalue weighted by Crippen LogP contribution is -2.39. The summed E-state index contributed by atoms with van der Waals surface area (Å²) in [5, 5.41) is 3.45. The molecule has 0 aliphatic carbocycles. The number of rotatable bonds is 6. The molecule has 84 valence electrons. The van der Waals surface area contributed by atoms with E-state index in [1.807, 2.05) is 0 Å². The molecule has 0 aromatic carbocycles. The highest BCUT2D eigenvalue weighted by atomic mass is 15.2. The summed E-state index contributed by atoms with van der Waals surface area (Å²) in [6, 6.07) is 0.806. The van der Waals surface area contributed by atoms with E-state index in [0.717, 1.165) is 12.0 Å². The Hall–Kier alpha value is -0.0800. The van der Waals surface area contributed by atoms with Crippen molar-refractivity contribution in [1.82, 2.24) is 10.2 Å². The molecule has 1 aliphatic heterocycles. The summed E-state index contributed by atoms with van der Waals surface area (Å²) in [5.74, 6) is 0.899. The first kappa shape index (κ1) is 12.0. The molecule has 0 bridgehead atoms. The number of likely N-dealkylation sites (N-methyl/N-ethyl adjacent to an activating group) is 1. The number of nitrogens with one attached hydrogen (secondary N) is 1. The van der Waals surface area contributed by atoms with E-state index in [0.29, 0.717) is 0 Å². The Bertz CT molecular complexity index is 137. The summed E-state index contributed by atoms with van der Waals surface area (Å²) in [7, 11) is 0. The third-order valence-electron chi connectivity index (χ3n) is 3.60. The van der Waals surface area contributed by atoms with Crippen molar-refractivity contribution in [2.45, 2.75) is 46.1 Å². The largest absolute Gasteiger partial charge is 0.315 e. The summed E-state index contributed by atoms with van der Waals surface area (Å²) in [6.45, 7) is 11.8. The minimum absolute atomic E-state index is 0.806. The Kier molecular flexibility index (Phi) is 5.49. The zero-order valence-corrected chi connectivity index (χ0v) is 10.1. The van der Waals surface area contributed by atoms with E-state index in [1.165, 1.54) is 45.4 Å². The van der Waals surface area contributed by atoms with Crippen molar-refractivity contribution in [3.05, 3.63) is 0 Å². The Morgan fingerprint density at radius 3 is 2.43 bits per heavy atom. The van der Waals surface area contributed by atoms with Crippen molar-refractivity contribution in [2.75, 3.05) is 26.2 Å². The molecule has 0 saturated carbocycles. The van der Waals surface area contributed by atoms with Crippen LogP contribution in [-0.4, -0.2) is 37.1 Å². The molecule has 1 N–H and O–H groups in total. The molecule has 0 aromatic heterocycles. The van der Waals surface area contributed by atoms with E-state index >= 15 is 0 Å². The van der Waals surface area contributed by atoms with Crippen molar-refractivity contribution in [3.8, 4) is 0 Å². The van der Waals surface area contributed by atoms with Gasteiger partial charge in [-0.25, -0.2) is 0 Å². The third-order valence-corrected chi connectivity index (χ3v) is 3.60. The Morgan fingerprint density at radius 1 is 1.29 bits per heavy atom. The monoisotopic (exact) mass is 198 g/mol. The predicted molar refractivity (Wildman–Crippen MR) is 62.6 cm³/mol. The molecular weight excluding hydrogens is 172 g/mol. The van der Waals surface area contributed by atoms with E-state index in [9.17, 15) is 0 Å². The molecule has 2 nitrogen and oxygen atoms in total. The fourth-order valence-corrected chi connectivity index (χ4v) is 2.37. The van der Waals surface area contributed by atoms with Gasteiger partial charge in [0.05, 0.1) is 0 Å². The molecule has 0 amide bonds. The maximum atomic E-state index is 3.45. The highest BCUT2D eigenvalue weighted by molar-refractivity contribution is 4.81. The van der Waals surface area contributed by atoms with Crippen LogP contribution < -0.4 is 5.32 Å². The van der Waals surface area contributed by atoms with Crippen LogP contribution in [0.1, 0.15) is 40.0 Å². The second-order valence-electron chi connectivity index (χ2n) is 4.42. The Morgan fingerprint density at radius 2 is 2.00 bits per heavy atom. The fourth-order valence-electron chi connectivity index (χ4n) is 2.37. The summed E-state index contributed by atoms with van der Waals surface area (Å²) in [6.07, 6.45) is 3.99. The number of hydrogen-bond donors (Lipinski definition) is 1. The molecule has 0 aromatic rings. The minimum atomic E-state index is 0.806. The molecule has 0 radical (unpaired) electrons. The normalized spacial score (nSPS) is 22.5. The van der Waals surface area contributed by atoms with Gasteiger partial charge >= 0.3 is 0 Å². The second-order valence-corrected chi connectivity index (χ2v) is 4.42. The molecule has 2 heteroatoms. The van der Waals surface area contributed by atoms with Gasteiger partial charge in [-0.15, -0.1) is 0 Å². The molecule has 1 unspecified atom stereocenters. The van der Waals surface area contributed by atoms with Gasteiger partial charge in [0.25, 0.3) is 0 Å². The number of nitrogens with zero attached hydrogens (tertiary/aromatic N) is 1. The zero-order chi connectivity index (χ0) is 10.4. The molecule has 14 heavy (non-hydrogen) atoms. The average molecular weight is 198 g/mol. The summed E-state index contributed by atoms with van der Waals surface area (Å²) in [4.78, 5) is 2.66. The maximum Gasteiger partial charge on any atom is 0.0232 e. The lowest BCUT2D eigenvalue weighted by atomic mass is 10.0. The topological polar surface area (TPSA) is 15.3 Å².